The standard InChI is InChI=1S/C24H22FNO2/c25-22-10-7-18(8-11-22)17-3-5-19(6-4-17)24(28)26-23-12-9-20-13-16(15-27)1-2-21(20)14-23/h3-12,14,16,27H,1-2,13,15H2,(H,26,28). The van der Waals surface area contributed by atoms with Crippen molar-refractivity contribution in [3.63, 3.8) is 0 Å². The number of rotatable bonds is 4. The Labute approximate surface area is 163 Å². The van der Waals surface area contributed by atoms with E-state index in [9.17, 15) is 14.3 Å². The largest absolute Gasteiger partial charge is 0.396 e. The third kappa shape index (κ3) is 3.97. The van der Waals surface area contributed by atoms with E-state index in [0.29, 0.717) is 11.5 Å². The molecule has 0 saturated carbocycles. The lowest BCUT2D eigenvalue weighted by Crippen LogP contribution is -2.18. The summed E-state index contributed by atoms with van der Waals surface area (Å²) < 4.78 is 13.1. The number of fused-ring (bicyclic) bond motifs is 1. The van der Waals surface area contributed by atoms with Crippen LogP contribution >= 0.6 is 0 Å². The molecule has 3 nitrogen and oxygen atoms in total. The number of carbonyl (C=O) groups is 1. The first-order valence-electron chi connectivity index (χ1n) is 9.52. The molecule has 1 unspecified atom stereocenters. The van der Waals surface area contributed by atoms with Gasteiger partial charge in [0.2, 0.25) is 0 Å². The first-order valence-corrected chi connectivity index (χ1v) is 9.52. The van der Waals surface area contributed by atoms with Crippen LogP contribution in [0.2, 0.25) is 0 Å². The van der Waals surface area contributed by atoms with Crippen LogP contribution in [0.3, 0.4) is 0 Å². The van der Waals surface area contributed by atoms with Crippen molar-refractivity contribution in [2.75, 3.05) is 11.9 Å². The van der Waals surface area contributed by atoms with Crippen LogP contribution in [0.5, 0.6) is 0 Å². The van der Waals surface area contributed by atoms with Crippen LogP contribution in [-0.4, -0.2) is 17.6 Å². The van der Waals surface area contributed by atoms with Gasteiger partial charge in [0.25, 0.3) is 5.91 Å². The summed E-state index contributed by atoms with van der Waals surface area (Å²) in [6, 6.07) is 19.6. The van der Waals surface area contributed by atoms with E-state index in [1.807, 2.05) is 30.3 Å². The number of nitrogens with one attached hydrogen (secondary N) is 1. The first kappa shape index (κ1) is 18.4. The Morgan fingerprint density at radius 1 is 0.964 bits per heavy atom. The fourth-order valence-corrected chi connectivity index (χ4v) is 3.72. The van der Waals surface area contributed by atoms with Crippen molar-refractivity contribution in [2.45, 2.75) is 19.3 Å². The van der Waals surface area contributed by atoms with Gasteiger partial charge in [0.05, 0.1) is 0 Å². The van der Waals surface area contributed by atoms with Crippen LogP contribution in [0.1, 0.15) is 27.9 Å². The van der Waals surface area contributed by atoms with E-state index >= 15 is 0 Å². The zero-order valence-corrected chi connectivity index (χ0v) is 15.5. The van der Waals surface area contributed by atoms with E-state index < -0.39 is 0 Å². The number of aliphatic hydroxyl groups excluding tert-OH is 1. The minimum atomic E-state index is -0.267. The lowest BCUT2D eigenvalue weighted by molar-refractivity contribution is 0.102. The van der Waals surface area contributed by atoms with E-state index in [-0.39, 0.29) is 18.3 Å². The molecule has 0 spiro atoms. The third-order valence-electron chi connectivity index (χ3n) is 5.38. The van der Waals surface area contributed by atoms with Crippen LogP contribution < -0.4 is 5.32 Å². The maximum absolute atomic E-state index is 13.1. The quantitative estimate of drug-likeness (QED) is 0.685. The molecule has 0 saturated heterocycles. The highest BCUT2D eigenvalue weighted by Crippen LogP contribution is 2.28. The molecule has 0 aromatic heterocycles. The monoisotopic (exact) mass is 375 g/mol. The topological polar surface area (TPSA) is 49.3 Å². The van der Waals surface area contributed by atoms with Crippen LogP contribution in [0.4, 0.5) is 10.1 Å². The molecule has 4 heteroatoms. The number of amides is 1. The lowest BCUT2D eigenvalue weighted by Gasteiger charge is -2.23. The average molecular weight is 375 g/mol. The molecule has 3 aromatic rings. The van der Waals surface area contributed by atoms with E-state index in [4.69, 9.17) is 0 Å². The zero-order chi connectivity index (χ0) is 19.5. The Morgan fingerprint density at radius 2 is 1.64 bits per heavy atom. The highest BCUT2D eigenvalue weighted by atomic mass is 19.1. The molecule has 0 heterocycles. The lowest BCUT2D eigenvalue weighted by atomic mass is 9.84. The van der Waals surface area contributed by atoms with Gasteiger partial charge in [0.1, 0.15) is 5.82 Å². The van der Waals surface area contributed by atoms with Gasteiger partial charge in [0.15, 0.2) is 0 Å². The second kappa shape index (κ2) is 7.95. The Kier molecular flexibility index (Phi) is 5.22. The van der Waals surface area contributed by atoms with Gasteiger partial charge in [0, 0.05) is 17.9 Å². The fraction of sp³-hybridized carbons (Fsp3) is 0.208. The number of anilines is 1. The van der Waals surface area contributed by atoms with Crippen LogP contribution in [0.25, 0.3) is 11.1 Å². The van der Waals surface area contributed by atoms with Crippen LogP contribution in [-0.2, 0) is 12.8 Å². The molecule has 3 aromatic carbocycles. The predicted molar refractivity (Wildman–Crippen MR) is 109 cm³/mol. The molecular weight excluding hydrogens is 353 g/mol. The third-order valence-corrected chi connectivity index (χ3v) is 5.38. The van der Waals surface area contributed by atoms with Crippen molar-refractivity contribution in [3.8, 4) is 11.1 Å². The van der Waals surface area contributed by atoms with Crippen LogP contribution in [0, 0.1) is 11.7 Å². The van der Waals surface area contributed by atoms with Crippen molar-refractivity contribution < 1.29 is 14.3 Å². The first-order chi connectivity index (χ1) is 13.6. The molecule has 0 bridgehead atoms. The van der Waals surface area contributed by atoms with Crippen molar-refractivity contribution in [2.24, 2.45) is 5.92 Å². The minimum absolute atomic E-state index is 0.158. The number of halogens is 1. The summed E-state index contributed by atoms with van der Waals surface area (Å²) in [5.41, 5.74) is 5.70. The number of carbonyl (C=O) groups excluding carboxylic acids is 1. The summed E-state index contributed by atoms with van der Waals surface area (Å²) in [7, 11) is 0. The van der Waals surface area contributed by atoms with Crippen molar-refractivity contribution in [3.05, 3.63) is 89.2 Å². The van der Waals surface area contributed by atoms with Gasteiger partial charge < -0.3 is 10.4 Å². The molecule has 0 aliphatic heterocycles. The highest BCUT2D eigenvalue weighted by molar-refractivity contribution is 6.04. The fourth-order valence-electron chi connectivity index (χ4n) is 3.72. The summed E-state index contributed by atoms with van der Waals surface area (Å²) in [4.78, 5) is 12.6. The molecule has 0 fully saturated rings. The maximum atomic E-state index is 13.1. The van der Waals surface area contributed by atoms with E-state index in [1.54, 1.807) is 24.3 Å². The van der Waals surface area contributed by atoms with E-state index in [0.717, 1.165) is 36.1 Å². The number of hydrogen-bond donors (Lipinski definition) is 2. The molecule has 1 aliphatic rings. The van der Waals surface area contributed by atoms with Gasteiger partial charge in [-0.2, -0.15) is 0 Å². The van der Waals surface area contributed by atoms with Gasteiger partial charge in [-0.15, -0.1) is 0 Å². The Bertz CT molecular complexity index is 980. The maximum Gasteiger partial charge on any atom is 0.255 e. The predicted octanol–water partition coefficient (Wildman–Crippen LogP) is 4.84. The second-order valence-corrected chi connectivity index (χ2v) is 7.31. The van der Waals surface area contributed by atoms with Gasteiger partial charge in [-0.25, -0.2) is 4.39 Å². The van der Waals surface area contributed by atoms with E-state index in [1.165, 1.54) is 23.3 Å². The minimum Gasteiger partial charge on any atom is -0.396 e. The zero-order valence-electron chi connectivity index (χ0n) is 15.5. The number of aryl methyl sites for hydroxylation is 1. The molecule has 1 atom stereocenters. The normalized spacial score (nSPS) is 15.7. The molecule has 142 valence electrons. The summed E-state index contributed by atoms with van der Waals surface area (Å²) >= 11 is 0. The Morgan fingerprint density at radius 3 is 2.32 bits per heavy atom. The van der Waals surface area contributed by atoms with Crippen molar-refractivity contribution >= 4 is 11.6 Å². The Hall–Kier alpha value is -2.98. The smallest absolute Gasteiger partial charge is 0.255 e. The SMILES string of the molecule is O=C(Nc1ccc2c(c1)CCC(CO)C2)c1ccc(-c2ccc(F)cc2)cc1. The number of aliphatic hydroxyl groups is 1. The summed E-state index contributed by atoms with van der Waals surface area (Å²) in [5.74, 6) is -0.0844. The molecule has 0 radical (unpaired) electrons. The van der Waals surface area contributed by atoms with Crippen molar-refractivity contribution in [1.82, 2.24) is 0 Å². The van der Waals surface area contributed by atoms with Gasteiger partial charge >= 0.3 is 0 Å². The summed E-state index contributed by atoms with van der Waals surface area (Å²) in [6.45, 7) is 0.228. The molecule has 1 amide bonds. The van der Waals surface area contributed by atoms with Crippen molar-refractivity contribution in [1.29, 1.82) is 0 Å². The molecule has 4 rings (SSSR count). The number of hydrogen-bond acceptors (Lipinski definition) is 2. The second-order valence-electron chi connectivity index (χ2n) is 7.31. The average Bonchev–Trinajstić information content (AvgIpc) is 2.74. The molecule has 28 heavy (non-hydrogen) atoms. The summed E-state index contributed by atoms with van der Waals surface area (Å²) in [5, 5.41) is 12.3. The van der Waals surface area contributed by atoms with Gasteiger partial charge in [-0.1, -0.05) is 30.3 Å². The van der Waals surface area contributed by atoms with E-state index in [2.05, 4.69) is 5.32 Å². The van der Waals surface area contributed by atoms with Crippen LogP contribution in [0.15, 0.2) is 66.7 Å². The number of benzene rings is 3. The Balaban J connectivity index is 1.46. The molecule has 2 N–H and O–H groups in total. The summed E-state index contributed by atoms with van der Waals surface area (Å²) in [6.07, 6.45) is 2.80. The van der Waals surface area contributed by atoms with Gasteiger partial charge in [-0.05, 0) is 83.8 Å². The van der Waals surface area contributed by atoms with Gasteiger partial charge in [-0.3, -0.25) is 4.79 Å². The molecule has 1 aliphatic carbocycles. The molecular formula is C24H22FNO2. The highest BCUT2D eigenvalue weighted by Gasteiger charge is 2.18.